The van der Waals surface area contributed by atoms with Crippen LogP contribution in [0.1, 0.15) is 5.56 Å². The van der Waals surface area contributed by atoms with Gasteiger partial charge in [0.05, 0.1) is 0 Å². The fraction of sp³-hybridized carbons (Fsp3) is 0.467. The molecule has 0 bridgehead atoms. The normalized spacial score (nSPS) is 16.3. The van der Waals surface area contributed by atoms with Gasteiger partial charge in [-0.1, -0.05) is 18.2 Å². The topological polar surface area (TPSA) is 15.3 Å². The van der Waals surface area contributed by atoms with Crippen molar-refractivity contribution in [2.75, 3.05) is 33.2 Å². The number of benzene rings is 1. The lowest BCUT2D eigenvalue weighted by Gasteiger charge is -2.31. The predicted molar refractivity (Wildman–Crippen MR) is 79.4 cm³/mol. The second kappa shape index (κ2) is 5.39. The molecule has 0 atom stereocenters. The molecule has 2 aromatic rings. The highest BCUT2D eigenvalue weighted by Gasteiger charge is 2.18. The van der Waals surface area contributed by atoms with Crippen LogP contribution in [0.15, 0.2) is 29.6 Å². The fourth-order valence-electron chi connectivity index (χ4n) is 2.55. The first kappa shape index (κ1) is 12.2. The van der Waals surface area contributed by atoms with E-state index in [-0.39, 0.29) is 0 Å². The van der Waals surface area contributed by atoms with Gasteiger partial charge in [0.1, 0.15) is 0 Å². The van der Waals surface area contributed by atoms with Crippen molar-refractivity contribution < 1.29 is 0 Å². The summed E-state index contributed by atoms with van der Waals surface area (Å²) in [6, 6.07) is 8.73. The van der Waals surface area contributed by atoms with Crippen molar-refractivity contribution in [3.63, 3.8) is 0 Å². The summed E-state index contributed by atoms with van der Waals surface area (Å²) < 4.78 is 1.42. The van der Waals surface area contributed by atoms with E-state index in [0.717, 1.165) is 12.5 Å². The van der Waals surface area contributed by atoms with Gasteiger partial charge in [-0.3, -0.25) is 0 Å². The molecule has 1 saturated heterocycles. The largest absolute Gasteiger partial charge is 0.316 e. The van der Waals surface area contributed by atoms with E-state index in [1.54, 1.807) is 0 Å². The molecule has 3 heteroatoms. The van der Waals surface area contributed by atoms with Gasteiger partial charge >= 0.3 is 0 Å². The first-order valence-corrected chi connectivity index (χ1v) is 7.55. The second-order valence-electron chi connectivity index (χ2n) is 5.29. The summed E-state index contributed by atoms with van der Waals surface area (Å²) in [5, 5.41) is 7.10. The average Bonchev–Trinajstić information content (AvgIpc) is 2.75. The first-order chi connectivity index (χ1) is 8.83. The molecule has 1 fully saturated rings. The van der Waals surface area contributed by atoms with Gasteiger partial charge in [0.15, 0.2) is 0 Å². The van der Waals surface area contributed by atoms with Crippen LogP contribution in [-0.4, -0.2) is 38.1 Å². The van der Waals surface area contributed by atoms with Crippen LogP contribution in [0.5, 0.6) is 0 Å². The lowest BCUT2D eigenvalue weighted by molar-refractivity contribution is 0.226. The summed E-state index contributed by atoms with van der Waals surface area (Å²) in [7, 11) is 2.24. The number of likely N-dealkylation sites (N-methyl/N-ethyl adjacent to an activating group) is 1. The molecule has 2 nitrogen and oxygen atoms in total. The number of nitrogens with zero attached hydrogens (tertiary/aromatic N) is 1. The van der Waals surface area contributed by atoms with Crippen molar-refractivity contribution in [1.82, 2.24) is 10.2 Å². The fourth-order valence-corrected chi connectivity index (χ4v) is 3.54. The molecule has 1 aromatic heterocycles. The number of fused-ring (bicyclic) bond motifs is 1. The van der Waals surface area contributed by atoms with Crippen LogP contribution in [-0.2, 0) is 6.42 Å². The van der Waals surface area contributed by atoms with Crippen LogP contribution in [0, 0.1) is 5.92 Å². The lowest BCUT2D eigenvalue weighted by Crippen LogP contribution is -2.47. The van der Waals surface area contributed by atoms with Gasteiger partial charge in [-0.15, -0.1) is 11.3 Å². The molecule has 0 unspecified atom stereocenters. The van der Waals surface area contributed by atoms with Gasteiger partial charge in [0, 0.05) is 30.9 Å². The number of thiophene rings is 1. The molecule has 0 amide bonds. The summed E-state index contributed by atoms with van der Waals surface area (Å²) >= 11 is 1.87. The quantitative estimate of drug-likeness (QED) is 0.889. The van der Waals surface area contributed by atoms with Crippen molar-refractivity contribution in [2.45, 2.75) is 6.42 Å². The maximum absolute atomic E-state index is 3.34. The third kappa shape index (κ3) is 2.58. The van der Waals surface area contributed by atoms with Gasteiger partial charge in [0.25, 0.3) is 0 Å². The molecular weight excluding hydrogens is 240 g/mol. The van der Waals surface area contributed by atoms with E-state index in [9.17, 15) is 0 Å². The van der Waals surface area contributed by atoms with E-state index in [2.05, 4.69) is 46.9 Å². The Balaban J connectivity index is 1.58. The molecule has 0 saturated carbocycles. The predicted octanol–water partition coefficient (Wildman–Crippen LogP) is 2.60. The molecule has 2 heterocycles. The molecule has 1 aliphatic rings. The molecule has 18 heavy (non-hydrogen) atoms. The van der Waals surface area contributed by atoms with Crippen LogP contribution in [0.3, 0.4) is 0 Å². The molecule has 1 N–H and O–H groups in total. The van der Waals surface area contributed by atoms with E-state index in [1.165, 1.54) is 41.7 Å². The third-order valence-corrected chi connectivity index (χ3v) is 4.77. The van der Waals surface area contributed by atoms with Crippen LogP contribution in [0.4, 0.5) is 0 Å². The van der Waals surface area contributed by atoms with Crippen LogP contribution in [0.25, 0.3) is 10.1 Å². The number of nitrogens with one attached hydrogen (secondary N) is 1. The zero-order chi connectivity index (χ0) is 12.4. The van der Waals surface area contributed by atoms with Crippen molar-refractivity contribution in [3.8, 4) is 0 Å². The third-order valence-electron chi connectivity index (χ3n) is 3.76. The maximum atomic E-state index is 3.34. The van der Waals surface area contributed by atoms with E-state index < -0.39 is 0 Å². The monoisotopic (exact) mass is 260 g/mol. The van der Waals surface area contributed by atoms with Crippen molar-refractivity contribution >= 4 is 21.4 Å². The Morgan fingerprint density at radius 3 is 2.94 bits per heavy atom. The van der Waals surface area contributed by atoms with Crippen LogP contribution >= 0.6 is 11.3 Å². The van der Waals surface area contributed by atoms with E-state index in [1.807, 2.05) is 11.3 Å². The van der Waals surface area contributed by atoms with Gasteiger partial charge in [-0.25, -0.2) is 0 Å². The Kier molecular flexibility index (Phi) is 3.64. The zero-order valence-electron chi connectivity index (χ0n) is 10.9. The van der Waals surface area contributed by atoms with Crippen molar-refractivity contribution in [2.24, 2.45) is 5.92 Å². The Hall–Kier alpha value is -0.900. The standard InChI is InChI=1S/C15H20N2S/c1-17(10-12-8-16-9-12)7-6-13-11-18-15-5-3-2-4-14(13)15/h2-5,11-12,16H,6-10H2,1H3. The SMILES string of the molecule is CN(CCc1csc2ccccc12)CC1CNC1. The number of rotatable bonds is 5. The summed E-state index contributed by atoms with van der Waals surface area (Å²) in [6.07, 6.45) is 1.17. The summed E-state index contributed by atoms with van der Waals surface area (Å²) in [5.41, 5.74) is 1.51. The van der Waals surface area contributed by atoms with E-state index in [0.29, 0.717) is 0 Å². The van der Waals surface area contributed by atoms with Crippen molar-refractivity contribution in [3.05, 3.63) is 35.2 Å². The smallest absolute Gasteiger partial charge is 0.0345 e. The Morgan fingerprint density at radius 2 is 2.17 bits per heavy atom. The van der Waals surface area contributed by atoms with Gasteiger partial charge in [0.2, 0.25) is 0 Å². The Labute approximate surface area is 113 Å². The van der Waals surface area contributed by atoms with Crippen LogP contribution < -0.4 is 5.32 Å². The molecule has 1 aliphatic heterocycles. The molecule has 0 radical (unpaired) electrons. The Morgan fingerprint density at radius 1 is 1.33 bits per heavy atom. The average molecular weight is 260 g/mol. The summed E-state index contributed by atoms with van der Waals surface area (Å²) in [4.78, 5) is 2.47. The molecular formula is C15H20N2S. The molecule has 96 valence electrons. The maximum Gasteiger partial charge on any atom is 0.0345 e. The molecule has 3 rings (SSSR count). The number of hydrogen-bond donors (Lipinski definition) is 1. The van der Waals surface area contributed by atoms with Crippen LogP contribution in [0.2, 0.25) is 0 Å². The minimum Gasteiger partial charge on any atom is -0.316 e. The molecule has 0 spiro atoms. The molecule has 0 aliphatic carbocycles. The van der Waals surface area contributed by atoms with Gasteiger partial charge < -0.3 is 10.2 Å². The second-order valence-corrected chi connectivity index (χ2v) is 6.20. The lowest BCUT2D eigenvalue weighted by atomic mass is 10.0. The summed E-state index contributed by atoms with van der Waals surface area (Å²) in [6.45, 7) is 4.80. The minimum absolute atomic E-state index is 0.870. The zero-order valence-corrected chi connectivity index (χ0v) is 11.7. The first-order valence-electron chi connectivity index (χ1n) is 6.67. The minimum atomic E-state index is 0.870. The van der Waals surface area contributed by atoms with E-state index in [4.69, 9.17) is 0 Å². The highest BCUT2D eigenvalue weighted by molar-refractivity contribution is 7.17. The van der Waals surface area contributed by atoms with Gasteiger partial charge in [-0.05, 0) is 41.8 Å². The van der Waals surface area contributed by atoms with E-state index >= 15 is 0 Å². The van der Waals surface area contributed by atoms with Crippen molar-refractivity contribution in [1.29, 1.82) is 0 Å². The Bertz CT molecular complexity index is 516. The van der Waals surface area contributed by atoms with Gasteiger partial charge in [-0.2, -0.15) is 0 Å². The molecule has 1 aromatic carbocycles. The summed E-state index contributed by atoms with van der Waals surface area (Å²) in [5.74, 6) is 0.870. The highest BCUT2D eigenvalue weighted by atomic mass is 32.1. The number of hydrogen-bond acceptors (Lipinski definition) is 3. The highest BCUT2D eigenvalue weighted by Crippen LogP contribution is 2.26.